The number of hydrogen-bond acceptors (Lipinski definition) is 3. The highest BCUT2D eigenvalue weighted by Crippen LogP contribution is 2.20. The summed E-state index contributed by atoms with van der Waals surface area (Å²) in [6.07, 6.45) is 6.00. The van der Waals surface area contributed by atoms with Crippen LogP contribution in [-0.2, 0) is 0 Å². The van der Waals surface area contributed by atoms with Crippen molar-refractivity contribution >= 4 is 5.91 Å². The van der Waals surface area contributed by atoms with Crippen molar-refractivity contribution in [3.8, 4) is 11.5 Å². The molecule has 3 rings (SSSR count). The average molecular weight is 256 g/mol. The highest BCUT2D eigenvalue weighted by atomic mass is 16.4. The van der Waals surface area contributed by atoms with Crippen LogP contribution in [-0.4, -0.2) is 16.9 Å². The van der Waals surface area contributed by atoms with Crippen molar-refractivity contribution in [1.82, 2.24) is 10.3 Å². The van der Waals surface area contributed by atoms with Crippen LogP contribution in [0.1, 0.15) is 36.2 Å². The molecule has 4 heteroatoms. The normalized spacial score (nSPS) is 15.6. The van der Waals surface area contributed by atoms with Crippen LogP contribution in [0.2, 0.25) is 0 Å². The number of aromatic nitrogens is 1. The molecule has 2 aromatic rings. The first-order valence-corrected chi connectivity index (χ1v) is 6.65. The van der Waals surface area contributed by atoms with Crippen LogP contribution < -0.4 is 5.32 Å². The van der Waals surface area contributed by atoms with Gasteiger partial charge < -0.3 is 9.73 Å². The molecule has 1 heterocycles. The largest absolute Gasteiger partial charge is 0.431 e. The van der Waals surface area contributed by atoms with Gasteiger partial charge in [0.25, 0.3) is 5.91 Å². The third kappa shape index (κ3) is 2.67. The van der Waals surface area contributed by atoms with Crippen LogP contribution in [0.5, 0.6) is 0 Å². The zero-order valence-corrected chi connectivity index (χ0v) is 10.6. The molecule has 1 amide bonds. The molecule has 1 aliphatic carbocycles. The molecule has 0 radical (unpaired) electrons. The smallest absolute Gasteiger partial charge is 0.288 e. The van der Waals surface area contributed by atoms with Crippen LogP contribution in [0.4, 0.5) is 0 Å². The maximum atomic E-state index is 12.0. The Bertz CT molecular complexity index is 557. The summed E-state index contributed by atoms with van der Waals surface area (Å²) >= 11 is 0. The van der Waals surface area contributed by atoms with E-state index in [0.717, 1.165) is 18.4 Å². The number of oxazole rings is 1. The number of nitrogens with one attached hydrogen (secondary N) is 1. The van der Waals surface area contributed by atoms with Gasteiger partial charge in [0, 0.05) is 11.6 Å². The first-order chi connectivity index (χ1) is 9.33. The molecular formula is C15H16N2O2. The second-order valence-corrected chi connectivity index (χ2v) is 4.85. The fourth-order valence-corrected chi connectivity index (χ4v) is 2.42. The van der Waals surface area contributed by atoms with E-state index >= 15 is 0 Å². The summed E-state index contributed by atoms with van der Waals surface area (Å²) in [6.45, 7) is 0. The molecule has 19 heavy (non-hydrogen) atoms. The molecule has 4 nitrogen and oxygen atoms in total. The minimum atomic E-state index is -0.165. The summed E-state index contributed by atoms with van der Waals surface area (Å²) in [6, 6.07) is 9.86. The van der Waals surface area contributed by atoms with Crippen molar-refractivity contribution in [2.75, 3.05) is 0 Å². The van der Waals surface area contributed by atoms with Gasteiger partial charge in [-0.1, -0.05) is 31.0 Å². The number of hydrogen-bond donors (Lipinski definition) is 1. The van der Waals surface area contributed by atoms with Gasteiger partial charge >= 0.3 is 0 Å². The highest BCUT2D eigenvalue weighted by Gasteiger charge is 2.20. The van der Waals surface area contributed by atoms with Crippen molar-refractivity contribution < 1.29 is 9.21 Å². The lowest BCUT2D eigenvalue weighted by molar-refractivity contribution is 0.0910. The molecule has 0 atom stereocenters. The van der Waals surface area contributed by atoms with E-state index in [1.54, 1.807) is 0 Å². The molecule has 1 fully saturated rings. The molecule has 98 valence electrons. The molecular weight excluding hydrogens is 240 g/mol. The summed E-state index contributed by atoms with van der Waals surface area (Å²) < 4.78 is 5.52. The maximum Gasteiger partial charge on any atom is 0.288 e. The van der Waals surface area contributed by atoms with E-state index in [2.05, 4.69) is 10.3 Å². The van der Waals surface area contributed by atoms with Gasteiger partial charge in [0.2, 0.25) is 11.7 Å². The van der Waals surface area contributed by atoms with E-state index in [0.29, 0.717) is 5.89 Å². The SMILES string of the molecule is O=C(NC1CCCC1)c1cnc(-c2ccccc2)o1. The second kappa shape index (κ2) is 5.26. The number of carbonyl (C=O) groups excluding carboxylic acids is 1. The summed E-state index contributed by atoms with van der Waals surface area (Å²) in [5, 5.41) is 2.99. The van der Waals surface area contributed by atoms with Gasteiger partial charge in [0.1, 0.15) is 0 Å². The number of nitrogens with zero attached hydrogens (tertiary/aromatic N) is 1. The average Bonchev–Trinajstić information content (AvgIpc) is 3.10. The maximum absolute atomic E-state index is 12.0. The van der Waals surface area contributed by atoms with Crippen LogP contribution in [0, 0.1) is 0 Å². The Kier molecular flexibility index (Phi) is 3.31. The second-order valence-electron chi connectivity index (χ2n) is 4.85. The Hall–Kier alpha value is -2.10. The number of rotatable bonds is 3. The molecule has 0 saturated heterocycles. The van der Waals surface area contributed by atoms with Gasteiger partial charge in [0.05, 0.1) is 6.20 Å². The molecule has 0 bridgehead atoms. The van der Waals surface area contributed by atoms with Crippen LogP contribution in [0.25, 0.3) is 11.5 Å². The number of carbonyl (C=O) groups is 1. The summed E-state index contributed by atoms with van der Waals surface area (Å²) in [5.41, 5.74) is 0.877. The Morgan fingerprint density at radius 2 is 1.95 bits per heavy atom. The van der Waals surface area contributed by atoms with Crippen molar-refractivity contribution in [2.24, 2.45) is 0 Å². The molecule has 1 saturated carbocycles. The Balaban J connectivity index is 1.72. The molecule has 0 unspecified atom stereocenters. The first-order valence-electron chi connectivity index (χ1n) is 6.65. The van der Waals surface area contributed by atoms with Crippen LogP contribution in [0.3, 0.4) is 0 Å². The minimum Gasteiger partial charge on any atom is -0.431 e. The topological polar surface area (TPSA) is 55.1 Å². The molecule has 1 N–H and O–H groups in total. The van der Waals surface area contributed by atoms with E-state index in [-0.39, 0.29) is 17.7 Å². The van der Waals surface area contributed by atoms with Gasteiger partial charge in [-0.2, -0.15) is 0 Å². The van der Waals surface area contributed by atoms with E-state index in [1.165, 1.54) is 19.0 Å². The minimum absolute atomic E-state index is 0.165. The zero-order chi connectivity index (χ0) is 13.1. The molecule has 1 aromatic heterocycles. The van der Waals surface area contributed by atoms with Crippen LogP contribution >= 0.6 is 0 Å². The van der Waals surface area contributed by atoms with E-state index in [4.69, 9.17) is 4.42 Å². The number of amides is 1. The van der Waals surface area contributed by atoms with Gasteiger partial charge in [-0.3, -0.25) is 4.79 Å². The molecule has 0 aliphatic heterocycles. The lowest BCUT2D eigenvalue weighted by Crippen LogP contribution is -2.32. The van der Waals surface area contributed by atoms with E-state index in [9.17, 15) is 4.79 Å². The van der Waals surface area contributed by atoms with Crippen molar-refractivity contribution in [1.29, 1.82) is 0 Å². The lowest BCUT2D eigenvalue weighted by Gasteiger charge is -2.09. The van der Waals surface area contributed by atoms with Gasteiger partial charge in [-0.05, 0) is 25.0 Å². The fraction of sp³-hybridized carbons (Fsp3) is 0.333. The lowest BCUT2D eigenvalue weighted by atomic mass is 10.2. The van der Waals surface area contributed by atoms with Crippen molar-refractivity contribution in [3.05, 3.63) is 42.3 Å². The highest BCUT2D eigenvalue weighted by molar-refractivity contribution is 5.91. The van der Waals surface area contributed by atoms with Gasteiger partial charge in [-0.15, -0.1) is 0 Å². The van der Waals surface area contributed by atoms with Crippen LogP contribution in [0.15, 0.2) is 40.9 Å². The Labute approximate surface area is 111 Å². The van der Waals surface area contributed by atoms with Crippen molar-refractivity contribution in [3.63, 3.8) is 0 Å². The quantitative estimate of drug-likeness (QED) is 0.918. The summed E-state index contributed by atoms with van der Waals surface area (Å²) in [5.74, 6) is 0.601. The fourth-order valence-electron chi connectivity index (χ4n) is 2.42. The summed E-state index contributed by atoms with van der Waals surface area (Å²) in [7, 11) is 0. The first kappa shape index (κ1) is 12.0. The zero-order valence-electron chi connectivity index (χ0n) is 10.6. The predicted molar refractivity (Wildman–Crippen MR) is 71.7 cm³/mol. The third-order valence-corrected chi connectivity index (χ3v) is 3.44. The summed E-state index contributed by atoms with van der Waals surface area (Å²) in [4.78, 5) is 16.2. The third-order valence-electron chi connectivity index (χ3n) is 3.44. The van der Waals surface area contributed by atoms with E-state index < -0.39 is 0 Å². The van der Waals surface area contributed by atoms with Gasteiger partial charge in [-0.25, -0.2) is 4.98 Å². The van der Waals surface area contributed by atoms with Crippen molar-refractivity contribution in [2.45, 2.75) is 31.7 Å². The molecule has 0 spiro atoms. The predicted octanol–water partition coefficient (Wildman–Crippen LogP) is 3.01. The standard InChI is InChI=1S/C15H16N2O2/c18-14(17-12-8-4-5-9-12)13-10-16-15(19-13)11-6-2-1-3-7-11/h1-3,6-7,10,12H,4-5,8-9H2,(H,17,18). The Morgan fingerprint density at radius 1 is 1.21 bits per heavy atom. The molecule has 1 aliphatic rings. The Morgan fingerprint density at radius 3 is 2.68 bits per heavy atom. The molecule has 1 aromatic carbocycles. The van der Waals surface area contributed by atoms with Gasteiger partial charge in [0.15, 0.2) is 0 Å². The number of benzene rings is 1. The monoisotopic (exact) mass is 256 g/mol. The van der Waals surface area contributed by atoms with E-state index in [1.807, 2.05) is 30.3 Å².